The van der Waals surface area contributed by atoms with Gasteiger partial charge in [0.1, 0.15) is 0 Å². The van der Waals surface area contributed by atoms with Gasteiger partial charge in [-0.25, -0.2) is 17.9 Å². The summed E-state index contributed by atoms with van der Waals surface area (Å²) in [5, 5.41) is 0. The monoisotopic (exact) mass is 409 g/mol. The zero-order valence-electron chi connectivity index (χ0n) is 16.4. The van der Waals surface area contributed by atoms with Crippen molar-refractivity contribution in [2.24, 2.45) is 0 Å². The van der Waals surface area contributed by atoms with Crippen LogP contribution >= 0.6 is 0 Å². The van der Waals surface area contributed by atoms with Crippen LogP contribution in [0.4, 0.5) is 0 Å². The number of nitrogens with one attached hydrogen (secondary N) is 1. The summed E-state index contributed by atoms with van der Waals surface area (Å²) in [7, 11) is 1.82. The van der Waals surface area contributed by atoms with Crippen LogP contribution in [0.3, 0.4) is 0 Å². The molecule has 0 aliphatic heterocycles. The summed E-state index contributed by atoms with van der Waals surface area (Å²) in [5.74, 6) is 0.649. The molecule has 0 radical (unpaired) electrons. The number of carbonyl (C=O) groups excluding carboxylic acids is 1. The van der Waals surface area contributed by atoms with E-state index in [1.807, 2.05) is 0 Å². The predicted octanol–water partition coefficient (Wildman–Crippen LogP) is 2.29. The van der Waals surface area contributed by atoms with Gasteiger partial charge in [0.05, 0.1) is 38.9 Å². The highest BCUT2D eigenvalue weighted by molar-refractivity contribution is 7.89. The molecule has 0 aromatic heterocycles. The molecule has 0 saturated heterocycles. The quantitative estimate of drug-likeness (QED) is 0.668. The molecule has 0 amide bonds. The Morgan fingerprint density at radius 2 is 1.57 bits per heavy atom. The van der Waals surface area contributed by atoms with Crippen molar-refractivity contribution in [2.75, 3.05) is 28.4 Å². The maximum atomic E-state index is 12.7. The van der Waals surface area contributed by atoms with Gasteiger partial charge >= 0.3 is 5.97 Å². The Morgan fingerprint density at radius 1 is 0.964 bits per heavy atom. The summed E-state index contributed by atoms with van der Waals surface area (Å²) in [6.07, 6.45) is 0. The smallest absolute Gasteiger partial charge is 0.338 e. The Balaban J connectivity index is 2.30. The zero-order chi connectivity index (χ0) is 20.9. The molecule has 2 rings (SSSR count). The van der Waals surface area contributed by atoms with Crippen LogP contribution in [0.5, 0.6) is 17.2 Å². The van der Waals surface area contributed by atoms with E-state index < -0.39 is 16.0 Å². The molecule has 0 aliphatic rings. The van der Waals surface area contributed by atoms with E-state index in [0.29, 0.717) is 28.4 Å². The van der Waals surface area contributed by atoms with Gasteiger partial charge in [0, 0.05) is 6.54 Å². The third-order valence-corrected chi connectivity index (χ3v) is 5.51. The average molecular weight is 409 g/mol. The van der Waals surface area contributed by atoms with Crippen molar-refractivity contribution in [1.82, 2.24) is 4.72 Å². The van der Waals surface area contributed by atoms with E-state index in [9.17, 15) is 13.2 Å². The fraction of sp³-hybridized carbons (Fsp3) is 0.316. The average Bonchev–Trinajstić information content (AvgIpc) is 2.70. The summed E-state index contributed by atoms with van der Waals surface area (Å²) in [6.45, 7) is 1.69. The third-order valence-electron chi connectivity index (χ3n) is 4.12. The lowest BCUT2D eigenvalue weighted by atomic mass is 10.1. The van der Waals surface area contributed by atoms with Crippen LogP contribution in [-0.2, 0) is 21.3 Å². The van der Waals surface area contributed by atoms with Crippen LogP contribution < -0.4 is 18.9 Å². The van der Waals surface area contributed by atoms with E-state index in [0.717, 1.165) is 0 Å². The van der Waals surface area contributed by atoms with Gasteiger partial charge in [-0.3, -0.25) is 0 Å². The van der Waals surface area contributed by atoms with Crippen LogP contribution in [0.2, 0.25) is 0 Å². The number of sulfonamides is 1. The minimum Gasteiger partial charge on any atom is -0.493 e. The Kier molecular flexibility index (Phi) is 6.87. The van der Waals surface area contributed by atoms with Crippen molar-refractivity contribution in [1.29, 1.82) is 0 Å². The van der Waals surface area contributed by atoms with Gasteiger partial charge < -0.3 is 18.9 Å². The molecule has 9 heteroatoms. The van der Waals surface area contributed by atoms with Crippen LogP contribution in [0, 0.1) is 6.92 Å². The van der Waals surface area contributed by atoms with Crippen molar-refractivity contribution in [2.45, 2.75) is 18.4 Å². The largest absolute Gasteiger partial charge is 0.493 e. The maximum absolute atomic E-state index is 12.7. The van der Waals surface area contributed by atoms with E-state index in [4.69, 9.17) is 18.9 Å². The normalized spacial score (nSPS) is 11.0. The molecule has 2 aromatic rings. The second-order valence-electron chi connectivity index (χ2n) is 5.83. The molecule has 0 unspecified atom stereocenters. The second kappa shape index (κ2) is 8.94. The molecule has 0 aliphatic carbocycles. The summed E-state index contributed by atoms with van der Waals surface area (Å²) >= 11 is 0. The Hall–Kier alpha value is -2.78. The molecule has 152 valence electrons. The highest BCUT2D eigenvalue weighted by Gasteiger charge is 2.19. The first-order valence-electron chi connectivity index (χ1n) is 8.25. The van der Waals surface area contributed by atoms with Gasteiger partial charge in [0.15, 0.2) is 11.5 Å². The molecule has 8 nitrogen and oxygen atoms in total. The van der Waals surface area contributed by atoms with Crippen LogP contribution in [-0.4, -0.2) is 42.8 Å². The lowest BCUT2D eigenvalue weighted by Gasteiger charge is -2.15. The first kappa shape index (κ1) is 21.5. The Morgan fingerprint density at radius 3 is 2.07 bits per heavy atom. The van der Waals surface area contributed by atoms with E-state index in [1.54, 1.807) is 25.1 Å². The minimum absolute atomic E-state index is 0.0134. The van der Waals surface area contributed by atoms with Gasteiger partial charge in [0.2, 0.25) is 15.8 Å². The number of hydrogen-bond donors (Lipinski definition) is 1. The molecule has 2 aromatic carbocycles. The van der Waals surface area contributed by atoms with Crippen LogP contribution in [0.1, 0.15) is 21.5 Å². The number of esters is 1. The number of ether oxygens (including phenoxy) is 4. The van der Waals surface area contributed by atoms with Gasteiger partial charge in [-0.1, -0.05) is 6.07 Å². The maximum Gasteiger partial charge on any atom is 0.338 e. The van der Waals surface area contributed by atoms with Gasteiger partial charge in [-0.2, -0.15) is 0 Å². The van der Waals surface area contributed by atoms with Gasteiger partial charge in [0.25, 0.3) is 0 Å². The fourth-order valence-electron chi connectivity index (χ4n) is 2.60. The zero-order valence-corrected chi connectivity index (χ0v) is 17.2. The fourth-order valence-corrected chi connectivity index (χ4v) is 3.64. The molecule has 28 heavy (non-hydrogen) atoms. The van der Waals surface area contributed by atoms with Crippen molar-refractivity contribution >= 4 is 16.0 Å². The van der Waals surface area contributed by atoms with Crippen molar-refractivity contribution in [3.05, 3.63) is 47.0 Å². The van der Waals surface area contributed by atoms with Crippen molar-refractivity contribution < 1.29 is 32.2 Å². The van der Waals surface area contributed by atoms with E-state index in [1.165, 1.54) is 40.6 Å². The molecule has 0 saturated carbocycles. The first-order chi connectivity index (χ1) is 13.3. The van der Waals surface area contributed by atoms with Crippen molar-refractivity contribution in [3.63, 3.8) is 0 Å². The standard InChI is InChI=1S/C19H23NO7S/c1-12-6-7-14(10-15(12)19(21)27-5)28(22,23)20-11-13-8-16(24-2)18(26-4)17(9-13)25-3/h6-10,20H,11H2,1-5H3. The molecular weight excluding hydrogens is 386 g/mol. The lowest BCUT2D eigenvalue weighted by molar-refractivity contribution is 0.0599. The number of rotatable bonds is 8. The third kappa shape index (κ3) is 4.55. The van der Waals surface area contributed by atoms with Crippen LogP contribution in [0.15, 0.2) is 35.2 Å². The molecule has 0 bridgehead atoms. The predicted molar refractivity (Wildman–Crippen MR) is 103 cm³/mol. The molecule has 0 heterocycles. The van der Waals surface area contributed by atoms with E-state index >= 15 is 0 Å². The number of aryl methyl sites for hydroxylation is 1. The van der Waals surface area contributed by atoms with Crippen LogP contribution in [0.25, 0.3) is 0 Å². The van der Waals surface area contributed by atoms with Crippen molar-refractivity contribution in [3.8, 4) is 17.2 Å². The number of hydrogen-bond acceptors (Lipinski definition) is 7. The molecule has 0 spiro atoms. The summed E-state index contributed by atoms with van der Waals surface area (Å²) in [6, 6.07) is 7.58. The second-order valence-corrected chi connectivity index (χ2v) is 7.59. The van der Waals surface area contributed by atoms with Gasteiger partial charge in [-0.15, -0.1) is 0 Å². The highest BCUT2D eigenvalue weighted by atomic mass is 32.2. The lowest BCUT2D eigenvalue weighted by Crippen LogP contribution is -2.23. The number of benzene rings is 2. The summed E-state index contributed by atoms with van der Waals surface area (Å²) in [5.41, 5.74) is 1.42. The SMILES string of the molecule is COC(=O)c1cc(S(=O)(=O)NCc2cc(OC)c(OC)c(OC)c2)ccc1C. The topological polar surface area (TPSA) is 100 Å². The van der Waals surface area contributed by atoms with E-state index in [-0.39, 0.29) is 17.0 Å². The summed E-state index contributed by atoms with van der Waals surface area (Å²) in [4.78, 5) is 11.8. The molecule has 0 atom stereocenters. The molecule has 0 fully saturated rings. The number of carbonyl (C=O) groups is 1. The summed E-state index contributed by atoms with van der Waals surface area (Å²) < 4.78 is 48.3. The molecular formula is C19H23NO7S. The molecule has 1 N–H and O–H groups in total. The first-order valence-corrected chi connectivity index (χ1v) is 9.73. The number of methoxy groups -OCH3 is 4. The highest BCUT2D eigenvalue weighted by Crippen LogP contribution is 2.38. The van der Waals surface area contributed by atoms with E-state index in [2.05, 4.69) is 4.72 Å². The Labute approximate surface area is 164 Å². The van der Waals surface area contributed by atoms with Gasteiger partial charge in [-0.05, 0) is 42.3 Å². The Bertz CT molecular complexity index is 945. The minimum atomic E-state index is -3.86.